The predicted molar refractivity (Wildman–Crippen MR) is 111 cm³/mol. The van der Waals surface area contributed by atoms with Crippen LogP contribution in [0, 0.1) is 5.92 Å². The Morgan fingerprint density at radius 2 is 1.82 bits per heavy atom. The summed E-state index contributed by atoms with van der Waals surface area (Å²) in [7, 11) is 1.61. The van der Waals surface area contributed by atoms with Crippen LogP contribution in [-0.2, 0) is 4.79 Å². The van der Waals surface area contributed by atoms with E-state index >= 15 is 0 Å². The second kappa shape index (κ2) is 7.68. The molecule has 1 N–H and O–H groups in total. The number of ether oxygens (including phenoxy) is 1. The summed E-state index contributed by atoms with van der Waals surface area (Å²) in [5.41, 5.74) is 3.02. The largest absolute Gasteiger partial charge is 0.495 e. The monoisotopic (exact) mass is 396 g/mol. The molecule has 1 aliphatic rings. The van der Waals surface area contributed by atoms with Crippen molar-refractivity contribution in [2.45, 2.75) is 12.8 Å². The summed E-state index contributed by atoms with van der Waals surface area (Å²) in [5.74, 6) is 0.614. The third-order valence-corrected chi connectivity index (χ3v) is 5.64. The molecule has 0 amide bonds. The molecule has 1 aromatic heterocycles. The van der Waals surface area contributed by atoms with E-state index in [-0.39, 0.29) is 5.92 Å². The number of nitrogens with zero attached hydrogens (tertiary/aromatic N) is 2. The highest BCUT2D eigenvalue weighted by Crippen LogP contribution is 2.32. The maximum absolute atomic E-state index is 11.1. The Balaban J connectivity index is 1.59. The van der Waals surface area contributed by atoms with E-state index < -0.39 is 5.97 Å². The summed E-state index contributed by atoms with van der Waals surface area (Å²) in [5, 5.41) is 10.8. The topological polar surface area (TPSA) is 62.7 Å². The van der Waals surface area contributed by atoms with Crippen molar-refractivity contribution in [3.05, 3.63) is 53.6 Å². The van der Waals surface area contributed by atoms with Crippen LogP contribution in [-0.4, -0.2) is 36.3 Å². The molecule has 1 saturated heterocycles. The van der Waals surface area contributed by atoms with Crippen molar-refractivity contribution in [1.29, 1.82) is 0 Å². The van der Waals surface area contributed by atoms with Gasteiger partial charge in [0.05, 0.1) is 23.6 Å². The summed E-state index contributed by atoms with van der Waals surface area (Å²) in [6.45, 7) is 1.44. The number of benzene rings is 2. The zero-order valence-electron chi connectivity index (χ0n) is 15.6. The van der Waals surface area contributed by atoms with Crippen LogP contribution < -0.4 is 9.64 Å². The summed E-state index contributed by atoms with van der Waals surface area (Å²) >= 11 is 6.12. The lowest BCUT2D eigenvalue weighted by Gasteiger charge is -2.31. The van der Waals surface area contributed by atoms with Crippen molar-refractivity contribution in [3.63, 3.8) is 0 Å². The van der Waals surface area contributed by atoms with Crippen molar-refractivity contribution in [3.8, 4) is 16.9 Å². The van der Waals surface area contributed by atoms with E-state index in [1.807, 2.05) is 36.4 Å². The molecular weight excluding hydrogens is 376 g/mol. The van der Waals surface area contributed by atoms with Crippen LogP contribution in [0.1, 0.15) is 12.8 Å². The molecule has 1 fully saturated rings. The molecule has 3 aromatic rings. The molecule has 0 unspecified atom stereocenters. The fourth-order valence-corrected chi connectivity index (χ4v) is 3.86. The molecule has 28 heavy (non-hydrogen) atoms. The first-order chi connectivity index (χ1) is 13.5. The minimum atomic E-state index is -0.697. The fourth-order valence-electron chi connectivity index (χ4n) is 3.67. The number of aliphatic carboxylic acids is 1. The maximum atomic E-state index is 11.1. The van der Waals surface area contributed by atoms with Gasteiger partial charge in [0.15, 0.2) is 0 Å². The zero-order valence-corrected chi connectivity index (χ0v) is 16.3. The van der Waals surface area contributed by atoms with E-state index in [9.17, 15) is 4.79 Å². The van der Waals surface area contributed by atoms with Crippen LogP contribution in [0.3, 0.4) is 0 Å². The number of halogens is 1. The van der Waals surface area contributed by atoms with Gasteiger partial charge in [0, 0.05) is 18.5 Å². The molecule has 1 aliphatic heterocycles. The summed E-state index contributed by atoms with van der Waals surface area (Å²) < 4.78 is 5.31. The summed E-state index contributed by atoms with van der Waals surface area (Å²) in [6, 6.07) is 16.0. The van der Waals surface area contributed by atoms with Crippen LogP contribution in [0.25, 0.3) is 22.0 Å². The number of fused-ring (bicyclic) bond motifs is 1. The number of piperidine rings is 1. The molecule has 0 bridgehead atoms. The number of rotatable bonds is 4. The highest BCUT2D eigenvalue weighted by Gasteiger charge is 2.25. The van der Waals surface area contributed by atoms with Gasteiger partial charge in [0.2, 0.25) is 0 Å². The van der Waals surface area contributed by atoms with Crippen LogP contribution in [0.4, 0.5) is 5.82 Å². The molecular formula is C22H21ClN2O3. The van der Waals surface area contributed by atoms with Gasteiger partial charge in [-0.2, -0.15) is 0 Å². The van der Waals surface area contributed by atoms with Crippen molar-refractivity contribution in [2.75, 3.05) is 25.1 Å². The van der Waals surface area contributed by atoms with E-state index in [0.29, 0.717) is 23.6 Å². The van der Waals surface area contributed by atoms with Crippen molar-refractivity contribution >= 4 is 34.3 Å². The van der Waals surface area contributed by atoms with Crippen LogP contribution in [0.15, 0.2) is 48.5 Å². The lowest BCUT2D eigenvalue weighted by atomic mass is 9.97. The average molecular weight is 397 g/mol. The Hall–Kier alpha value is -2.79. The molecule has 2 aromatic carbocycles. The molecule has 0 aliphatic carbocycles. The lowest BCUT2D eigenvalue weighted by Crippen LogP contribution is -2.36. The van der Waals surface area contributed by atoms with E-state index in [1.165, 1.54) is 0 Å². The van der Waals surface area contributed by atoms with Crippen molar-refractivity contribution in [2.24, 2.45) is 5.92 Å². The summed E-state index contributed by atoms with van der Waals surface area (Å²) in [6.07, 6.45) is 1.32. The molecule has 0 spiro atoms. The SMILES string of the molecule is COc1cc(-c2ccc3nc(N4CCC(C(=O)O)CC4)ccc3c2)ccc1Cl. The van der Waals surface area contributed by atoms with Crippen LogP contribution in [0.2, 0.25) is 5.02 Å². The average Bonchev–Trinajstić information content (AvgIpc) is 2.73. The summed E-state index contributed by atoms with van der Waals surface area (Å²) in [4.78, 5) is 18.1. The second-order valence-electron chi connectivity index (χ2n) is 7.03. The van der Waals surface area contributed by atoms with E-state index in [2.05, 4.69) is 17.0 Å². The Kier molecular flexibility index (Phi) is 5.09. The van der Waals surface area contributed by atoms with Gasteiger partial charge in [-0.05, 0) is 60.4 Å². The van der Waals surface area contributed by atoms with Crippen molar-refractivity contribution < 1.29 is 14.6 Å². The third-order valence-electron chi connectivity index (χ3n) is 5.33. The van der Waals surface area contributed by atoms with Gasteiger partial charge in [-0.25, -0.2) is 4.98 Å². The van der Waals surface area contributed by atoms with Gasteiger partial charge >= 0.3 is 5.97 Å². The molecule has 0 atom stereocenters. The number of carboxylic acid groups (broad SMARTS) is 1. The molecule has 144 valence electrons. The van der Waals surface area contributed by atoms with E-state index in [1.54, 1.807) is 7.11 Å². The van der Waals surface area contributed by atoms with Gasteiger partial charge in [-0.15, -0.1) is 0 Å². The van der Waals surface area contributed by atoms with Crippen molar-refractivity contribution in [1.82, 2.24) is 4.98 Å². The van der Waals surface area contributed by atoms with Crippen LogP contribution >= 0.6 is 11.6 Å². The number of anilines is 1. The number of hydrogen-bond acceptors (Lipinski definition) is 4. The number of methoxy groups -OCH3 is 1. The van der Waals surface area contributed by atoms with Gasteiger partial charge in [-0.1, -0.05) is 23.7 Å². The molecule has 0 saturated carbocycles. The normalized spacial score (nSPS) is 15.0. The molecule has 2 heterocycles. The minimum Gasteiger partial charge on any atom is -0.495 e. The second-order valence-corrected chi connectivity index (χ2v) is 7.43. The smallest absolute Gasteiger partial charge is 0.306 e. The highest BCUT2D eigenvalue weighted by molar-refractivity contribution is 6.32. The molecule has 6 heteroatoms. The standard InChI is InChI=1S/C22H21ClN2O3/c1-28-20-13-16(2-5-18(20)23)15-3-6-19-17(12-15)4-7-21(24-19)25-10-8-14(9-11-25)22(26)27/h2-7,12-14H,8-11H2,1H3,(H,26,27). The number of carbonyl (C=O) groups is 1. The zero-order chi connectivity index (χ0) is 19.7. The fraction of sp³-hybridized carbons (Fsp3) is 0.273. The first-order valence-electron chi connectivity index (χ1n) is 9.27. The highest BCUT2D eigenvalue weighted by atomic mass is 35.5. The number of aromatic nitrogens is 1. The number of pyridine rings is 1. The quantitative estimate of drug-likeness (QED) is 0.682. The molecule has 5 nitrogen and oxygen atoms in total. The molecule has 4 rings (SSSR count). The first-order valence-corrected chi connectivity index (χ1v) is 9.65. The number of carboxylic acids is 1. The van der Waals surface area contributed by atoms with Crippen LogP contribution in [0.5, 0.6) is 5.75 Å². The Morgan fingerprint density at radius 1 is 1.11 bits per heavy atom. The van der Waals surface area contributed by atoms with Gasteiger partial charge in [0.25, 0.3) is 0 Å². The third kappa shape index (κ3) is 3.62. The Bertz CT molecular complexity index is 1030. The first kappa shape index (κ1) is 18.6. The predicted octanol–water partition coefficient (Wildman–Crippen LogP) is 4.86. The Morgan fingerprint density at radius 3 is 2.54 bits per heavy atom. The molecule has 0 radical (unpaired) electrons. The van der Waals surface area contributed by atoms with E-state index in [0.717, 1.165) is 40.9 Å². The minimum absolute atomic E-state index is 0.240. The maximum Gasteiger partial charge on any atom is 0.306 e. The van der Waals surface area contributed by atoms with Gasteiger partial charge in [0.1, 0.15) is 11.6 Å². The van der Waals surface area contributed by atoms with Gasteiger partial charge < -0.3 is 14.7 Å². The lowest BCUT2D eigenvalue weighted by molar-refractivity contribution is -0.142. The number of hydrogen-bond donors (Lipinski definition) is 1. The van der Waals surface area contributed by atoms with E-state index in [4.69, 9.17) is 26.4 Å². The van der Waals surface area contributed by atoms with Gasteiger partial charge in [-0.3, -0.25) is 4.79 Å². The Labute approximate surface area is 168 Å².